The SMILES string of the molecule is Cc1cccc(C)c1NC(=S)NC(=O)c1ccc(Br)cc1. The van der Waals surface area contributed by atoms with Gasteiger partial charge in [0.05, 0.1) is 0 Å². The molecule has 5 heteroatoms. The molecule has 0 aliphatic rings. The quantitative estimate of drug-likeness (QED) is 0.786. The standard InChI is InChI=1S/C16H15BrN2OS/c1-10-4-3-5-11(2)14(10)18-16(21)19-15(20)12-6-8-13(17)9-7-12/h3-9H,1-2H3,(H2,18,19,20,21). The summed E-state index contributed by atoms with van der Waals surface area (Å²) in [7, 11) is 0. The van der Waals surface area contributed by atoms with E-state index in [1.54, 1.807) is 12.1 Å². The van der Waals surface area contributed by atoms with E-state index >= 15 is 0 Å². The number of hydrogen-bond donors (Lipinski definition) is 2. The summed E-state index contributed by atoms with van der Waals surface area (Å²) in [5, 5.41) is 6.06. The third kappa shape index (κ3) is 4.12. The molecule has 0 saturated carbocycles. The van der Waals surface area contributed by atoms with Gasteiger partial charge in [0.25, 0.3) is 5.91 Å². The molecule has 0 spiro atoms. The summed E-state index contributed by atoms with van der Waals surface area (Å²) in [6, 6.07) is 13.1. The Morgan fingerprint density at radius 1 is 1.05 bits per heavy atom. The smallest absolute Gasteiger partial charge is 0.257 e. The van der Waals surface area contributed by atoms with E-state index in [4.69, 9.17) is 12.2 Å². The van der Waals surface area contributed by atoms with Crippen LogP contribution in [0.5, 0.6) is 0 Å². The summed E-state index contributed by atoms with van der Waals surface area (Å²) < 4.78 is 0.926. The van der Waals surface area contributed by atoms with Crippen LogP contribution in [0.3, 0.4) is 0 Å². The molecule has 0 atom stereocenters. The molecule has 2 aromatic carbocycles. The number of halogens is 1. The van der Waals surface area contributed by atoms with Gasteiger partial charge in [-0.1, -0.05) is 34.1 Å². The van der Waals surface area contributed by atoms with Crippen molar-refractivity contribution < 1.29 is 4.79 Å². The Morgan fingerprint density at radius 2 is 1.62 bits per heavy atom. The van der Waals surface area contributed by atoms with E-state index in [0.717, 1.165) is 21.3 Å². The molecule has 0 radical (unpaired) electrons. The maximum Gasteiger partial charge on any atom is 0.257 e. The summed E-state index contributed by atoms with van der Waals surface area (Å²) >= 11 is 8.54. The second kappa shape index (κ2) is 6.83. The fraction of sp³-hybridized carbons (Fsp3) is 0.125. The number of thiocarbonyl (C=S) groups is 1. The highest BCUT2D eigenvalue weighted by Gasteiger charge is 2.09. The van der Waals surface area contributed by atoms with Crippen LogP contribution in [-0.4, -0.2) is 11.0 Å². The van der Waals surface area contributed by atoms with Gasteiger partial charge in [0.15, 0.2) is 5.11 Å². The number of benzene rings is 2. The number of amides is 1. The molecule has 2 aromatic rings. The lowest BCUT2D eigenvalue weighted by Gasteiger charge is -2.14. The summed E-state index contributed by atoms with van der Waals surface area (Å²) in [6.45, 7) is 3.99. The first kappa shape index (κ1) is 15.7. The largest absolute Gasteiger partial charge is 0.332 e. The average Bonchev–Trinajstić information content (AvgIpc) is 2.43. The summed E-state index contributed by atoms with van der Waals surface area (Å²) in [4.78, 5) is 12.1. The highest BCUT2D eigenvalue weighted by molar-refractivity contribution is 9.10. The predicted molar refractivity (Wildman–Crippen MR) is 93.7 cm³/mol. The Kier molecular flexibility index (Phi) is 5.09. The van der Waals surface area contributed by atoms with Crippen LogP contribution >= 0.6 is 28.1 Å². The maximum atomic E-state index is 12.1. The first-order chi connectivity index (χ1) is 9.97. The molecule has 0 bridgehead atoms. The van der Waals surface area contributed by atoms with Crippen molar-refractivity contribution in [3.63, 3.8) is 0 Å². The number of anilines is 1. The Labute approximate surface area is 137 Å². The first-order valence-electron chi connectivity index (χ1n) is 6.41. The monoisotopic (exact) mass is 362 g/mol. The fourth-order valence-corrected chi connectivity index (χ4v) is 2.39. The van der Waals surface area contributed by atoms with Crippen LogP contribution in [0.4, 0.5) is 5.69 Å². The third-order valence-corrected chi connectivity index (χ3v) is 3.79. The Bertz CT molecular complexity index is 663. The lowest BCUT2D eigenvalue weighted by Crippen LogP contribution is -2.34. The van der Waals surface area contributed by atoms with Crippen molar-refractivity contribution in [2.75, 3.05) is 5.32 Å². The van der Waals surface area contributed by atoms with Gasteiger partial charge in [-0.15, -0.1) is 0 Å². The Morgan fingerprint density at radius 3 is 2.19 bits per heavy atom. The molecule has 108 valence electrons. The van der Waals surface area contributed by atoms with E-state index in [1.165, 1.54) is 0 Å². The number of para-hydroxylation sites is 1. The van der Waals surface area contributed by atoms with E-state index in [9.17, 15) is 4.79 Å². The topological polar surface area (TPSA) is 41.1 Å². The minimum absolute atomic E-state index is 0.230. The van der Waals surface area contributed by atoms with Crippen molar-refractivity contribution in [3.05, 3.63) is 63.6 Å². The molecule has 2 N–H and O–H groups in total. The maximum absolute atomic E-state index is 12.1. The minimum atomic E-state index is -0.230. The minimum Gasteiger partial charge on any atom is -0.332 e. The second-order valence-electron chi connectivity index (χ2n) is 4.68. The van der Waals surface area contributed by atoms with Gasteiger partial charge in [0.1, 0.15) is 0 Å². The van der Waals surface area contributed by atoms with Crippen LogP contribution in [0.15, 0.2) is 46.9 Å². The van der Waals surface area contributed by atoms with Crippen LogP contribution in [0.2, 0.25) is 0 Å². The molecule has 0 aromatic heterocycles. The van der Waals surface area contributed by atoms with Gasteiger partial charge in [-0.2, -0.15) is 0 Å². The highest BCUT2D eigenvalue weighted by atomic mass is 79.9. The summed E-state index contributed by atoms with van der Waals surface area (Å²) in [5.74, 6) is -0.230. The van der Waals surface area contributed by atoms with Gasteiger partial charge >= 0.3 is 0 Å². The molecule has 3 nitrogen and oxygen atoms in total. The molecular formula is C16H15BrN2OS. The molecule has 0 fully saturated rings. The lowest BCUT2D eigenvalue weighted by atomic mass is 10.1. The van der Waals surface area contributed by atoms with E-state index in [1.807, 2.05) is 44.2 Å². The average molecular weight is 363 g/mol. The van der Waals surface area contributed by atoms with Gasteiger partial charge in [0.2, 0.25) is 0 Å². The Balaban J connectivity index is 2.05. The van der Waals surface area contributed by atoms with Gasteiger partial charge in [-0.25, -0.2) is 0 Å². The molecule has 0 aliphatic heterocycles. The zero-order chi connectivity index (χ0) is 15.4. The number of aryl methyl sites for hydroxylation is 2. The fourth-order valence-electron chi connectivity index (χ4n) is 1.93. The van der Waals surface area contributed by atoms with Gasteiger partial charge in [-0.05, 0) is 61.5 Å². The number of rotatable bonds is 2. The number of hydrogen-bond acceptors (Lipinski definition) is 2. The summed E-state index contributed by atoms with van der Waals surface area (Å²) in [6.07, 6.45) is 0. The molecule has 21 heavy (non-hydrogen) atoms. The van der Waals surface area contributed by atoms with Gasteiger partial charge < -0.3 is 5.32 Å². The van der Waals surface area contributed by atoms with Crippen LogP contribution in [0.25, 0.3) is 0 Å². The first-order valence-corrected chi connectivity index (χ1v) is 7.61. The van der Waals surface area contributed by atoms with E-state index in [0.29, 0.717) is 10.7 Å². The van der Waals surface area contributed by atoms with Crippen LogP contribution in [0, 0.1) is 13.8 Å². The van der Waals surface area contributed by atoms with Crippen molar-refractivity contribution in [2.24, 2.45) is 0 Å². The van der Waals surface area contributed by atoms with Crippen LogP contribution in [-0.2, 0) is 0 Å². The predicted octanol–water partition coefficient (Wildman–Crippen LogP) is 4.19. The molecule has 0 saturated heterocycles. The highest BCUT2D eigenvalue weighted by Crippen LogP contribution is 2.19. The second-order valence-corrected chi connectivity index (χ2v) is 6.01. The van der Waals surface area contributed by atoms with Crippen molar-refractivity contribution >= 4 is 44.9 Å². The van der Waals surface area contributed by atoms with Crippen LogP contribution < -0.4 is 10.6 Å². The van der Waals surface area contributed by atoms with Crippen molar-refractivity contribution in [2.45, 2.75) is 13.8 Å². The summed E-state index contributed by atoms with van der Waals surface area (Å²) in [5.41, 5.74) is 3.65. The molecule has 0 aliphatic carbocycles. The van der Waals surface area contributed by atoms with E-state index in [2.05, 4.69) is 26.6 Å². The van der Waals surface area contributed by atoms with E-state index < -0.39 is 0 Å². The number of carbonyl (C=O) groups excluding carboxylic acids is 1. The van der Waals surface area contributed by atoms with Crippen molar-refractivity contribution in [1.29, 1.82) is 0 Å². The molecule has 0 unspecified atom stereocenters. The third-order valence-electron chi connectivity index (χ3n) is 3.05. The van der Waals surface area contributed by atoms with Gasteiger partial charge in [-0.3, -0.25) is 10.1 Å². The van der Waals surface area contributed by atoms with Gasteiger partial charge in [0, 0.05) is 15.7 Å². The van der Waals surface area contributed by atoms with Crippen molar-refractivity contribution in [3.8, 4) is 0 Å². The zero-order valence-electron chi connectivity index (χ0n) is 11.7. The van der Waals surface area contributed by atoms with E-state index in [-0.39, 0.29) is 5.91 Å². The Hall–Kier alpha value is -1.72. The number of nitrogens with one attached hydrogen (secondary N) is 2. The van der Waals surface area contributed by atoms with Crippen LogP contribution in [0.1, 0.15) is 21.5 Å². The zero-order valence-corrected chi connectivity index (χ0v) is 14.1. The molecule has 0 heterocycles. The normalized spacial score (nSPS) is 10.0. The molecule has 2 rings (SSSR count). The molecular weight excluding hydrogens is 348 g/mol. The lowest BCUT2D eigenvalue weighted by molar-refractivity contribution is 0.0977. The number of carbonyl (C=O) groups is 1. The van der Waals surface area contributed by atoms with Crippen molar-refractivity contribution in [1.82, 2.24) is 5.32 Å². The molecule has 1 amide bonds.